The van der Waals surface area contributed by atoms with Crippen molar-refractivity contribution in [2.75, 3.05) is 20.8 Å². The quantitative estimate of drug-likeness (QED) is 0.889. The molecule has 0 spiro atoms. The van der Waals surface area contributed by atoms with Crippen molar-refractivity contribution >= 4 is 29.4 Å². The number of rotatable bonds is 6. The number of ether oxygens (including phenoxy) is 2. The molecule has 5 nitrogen and oxygen atoms in total. The predicted molar refractivity (Wildman–Crippen MR) is 88.6 cm³/mol. The SMILES string of the molecule is CCOc1cc(/C=C\c2ncc(C(=O)NC)s2)ccc1OC. The Hall–Kier alpha value is -2.34. The molecule has 0 aliphatic rings. The van der Waals surface area contributed by atoms with Crippen LogP contribution in [0.1, 0.15) is 27.2 Å². The van der Waals surface area contributed by atoms with Crippen molar-refractivity contribution in [2.45, 2.75) is 6.92 Å². The summed E-state index contributed by atoms with van der Waals surface area (Å²) in [4.78, 5) is 16.3. The van der Waals surface area contributed by atoms with Gasteiger partial charge < -0.3 is 14.8 Å². The van der Waals surface area contributed by atoms with Gasteiger partial charge in [0.15, 0.2) is 11.5 Å². The fourth-order valence-electron chi connectivity index (χ4n) is 1.83. The maximum Gasteiger partial charge on any atom is 0.262 e. The summed E-state index contributed by atoms with van der Waals surface area (Å²) in [7, 11) is 3.22. The molecule has 2 rings (SSSR count). The van der Waals surface area contributed by atoms with Gasteiger partial charge in [-0.2, -0.15) is 0 Å². The summed E-state index contributed by atoms with van der Waals surface area (Å²) in [6, 6.07) is 5.71. The Bertz CT molecular complexity index is 680. The van der Waals surface area contributed by atoms with Crippen LogP contribution in [0, 0.1) is 0 Å². The van der Waals surface area contributed by atoms with E-state index in [1.165, 1.54) is 11.3 Å². The van der Waals surface area contributed by atoms with Gasteiger partial charge in [-0.05, 0) is 30.7 Å². The lowest BCUT2D eigenvalue weighted by molar-refractivity contribution is 0.0967. The van der Waals surface area contributed by atoms with Crippen LogP contribution in [0.4, 0.5) is 0 Å². The first-order valence-corrected chi connectivity index (χ1v) is 7.66. The second-order valence-electron chi connectivity index (χ2n) is 4.32. The van der Waals surface area contributed by atoms with Crippen LogP contribution in [-0.2, 0) is 0 Å². The van der Waals surface area contributed by atoms with Crippen molar-refractivity contribution in [3.05, 3.63) is 39.8 Å². The van der Waals surface area contributed by atoms with Gasteiger partial charge in [0.2, 0.25) is 0 Å². The molecule has 116 valence electrons. The number of nitrogens with zero attached hydrogens (tertiary/aromatic N) is 1. The van der Waals surface area contributed by atoms with Gasteiger partial charge >= 0.3 is 0 Å². The van der Waals surface area contributed by atoms with E-state index in [9.17, 15) is 4.79 Å². The fraction of sp³-hybridized carbons (Fsp3) is 0.250. The number of carbonyl (C=O) groups is 1. The minimum absolute atomic E-state index is 0.125. The molecule has 0 fully saturated rings. The van der Waals surface area contributed by atoms with E-state index in [-0.39, 0.29) is 5.91 Å². The Kier molecular flexibility index (Phi) is 5.55. The molecule has 0 aliphatic heterocycles. The highest BCUT2D eigenvalue weighted by Gasteiger charge is 2.07. The van der Waals surface area contributed by atoms with Crippen molar-refractivity contribution in [3.63, 3.8) is 0 Å². The van der Waals surface area contributed by atoms with E-state index in [0.717, 1.165) is 10.6 Å². The third-order valence-electron chi connectivity index (χ3n) is 2.88. The maximum atomic E-state index is 11.5. The minimum Gasteiger partial charge on any atom is -0.493 e. The lowest BCUT2D eigenvalue weighted by Crippen LogP contribution is -2.16. The van der Waals surface area contributed by atoms with Crippen LogP contribution in [0.2, 0.25) is 0 Å². The first-order valence-electron chi connectivity index (χ1n) is 6.84. The van der Waals surface area contributed by atoms with Crippen molar-refractivity contribution < 1.29 is 14.3 Å². The number of hydrogen-bond acceptors (Lipinski definition) is 5. The summed E-state index contributed by atoms with van der Waals surface area (Å²) in [5.41, 5.74) is 0.973. The van der Waals surface area contributed by atoms with Crippen LogP contribution in [0.5, 0.6) is 11.5 Å². The molecular weight excluding hydrogens is 300 g/mol. The molecule has 1 heterocycles. The molecule has 0 saturated heterocycles. The standard InChI is InChI=1S/C16H18N2O3S/c1-4-21-13-9-11(5-7-12(13)20-3)6-8-15-18-10-14(22-15)16(19)17-2/h5-10H,4H2,1-3H3,(H,17,19)/b8-6-. The summed E-state index contributed by atoms with van der Waals surface area (Å²) in [6.45, 7) is 2.50. The Morgan fingerprint density at radius 1 is 1.36 bits per heavy atom. The van der Waals surface area contributed by atoms with Crippen LogP contribution in [0.15, 0.2) is 24.4 Å². The first-order chi connectivity index (χ1) is 10.7. The second kappa shape index (κ2) is 7.61. The van der Waals surface area contributed by atoms with E-state index in [1.54, 1.807) is 20.4 Å². The third kappa shape index (κ3) is 3.85. The van der Waals surface area contributed by atoms with E-state index in [4.69, 9.17) is 9.47 Å². The molecule has 1 aromatic heterocycles. The molecule has 0 bridgehead atoms. The minimum atomic E-state index is -0.125. The Labute approximate surface area is 133 Å². The number of nitrogens with one attached hydrogen (secondary N) is 1. The van der Waals surface area contributed by atoms with Crippen LogP contribution in [0.25, 0.3) is 12.2 Å². The normalized spacial score (nSPS) is 10.7. The van der Waals surface area contributed by atoms with E-state index in [0.29, 0.717) is 23.0 Å². The molecule has 1 N–H and O–H groups in total. The van der Waals surface area contributed by atoms with E-state index < -0.39 is 0 Å². The highest BCUT2D eigenvalue weighted by molar-refractivity contribution is 7.14. The number of methoxy groups -OCH3 is 1. The van der Waals surface area contributed by atoms with Crippen LogP contribution in [0.3, 0.4) is 0 Å². The molecule has 0 unspecified atom stereocenters. The summed E-state index contributed by atoms with van der Waals surface area (Å²) in [5.74, 6) is 1.28. The second-order valence-corrected chi connectivity index (χ2v) is 5.38. The Morgan fingerprint density at radius 3 is 2.86 bits per heavy atom. The molecule has 1 aromatic carbocycles. The zero-order chi connectivity index (χ0) is 15.9. The molecule has 1 amide bonds. The average Bonchev–Trinajstić information content (AvgIpc) is 3.01. The largest absolute Gasteiger partial charge is 0.493 e. The highest BCUT2D eigenvalue weighted by Crippen LogP contribution is 2.29. The summed E-state index contributed by atoms with van der Waals surface area (Å²) >= 11 is 1.34. The van der Waals surface area contributed by atoms with Gasteiger partial charge in [-0.3, -0.25) is 4.79 Å². The molecular formula is C16H18N2O3S. The zero-order valence-corrected chi connectivity index (χ0v) is 13.6. The first kappa shape index (κ1) is 16.0. The molecule has 6 heteroatoms. The summed E-state index contributed by atoms with van der Waals surface area (Å²) in [5, 5.41) is 3.35. The number of thiazole rings is 1. The number of hydrogen-bond donors (Lipinski definition) is 1. The van der Waals surface area contributed by atoms with E-state index >= 15 is 0 Å². The number of carbonyl (C=O) groups excluding carboxylic acids is 1. The molecule has 0 radical (unpaired) electrons. The van der Waals surface area contributed by atoms with Crippen LogP contribution < -0.4 is 14.8 Å². The van der Waals surface area contributed by atoms with Crippen molar-refractivity contribution in [1.29, 1.82) is 0 Å². The lowest BCUT2D eigenvalue weighted by Gasteiger charge is -2.09. The summed E-state index contributed by atoms with van der Waals surface area (Å²) < 4.78 is 10.8. The fourth-order valence-corrected chi connectivity index (χ4v) is 2.59. The smallest absolute Gasteiger partial charge is 0.262 e. The van der Waals surface area contributed by atoms with Gasteiger partial charge in [0, 0.05) is 7.05 Å². The molecule has 0 aliphatic carbocycles. The number of aromatic nitrogens is 1. The third-order valence-corrected chi connectivity index (χ3v) is 3.84. The topological polar surface area (TPSA) is 60.5 Å². The van der Waals surface area contributed by atoms with Gasteiger partial charge in [-0.1, -0.05) is 12.1 Å². The van der Waals surface area contributed by atoms with Crippen LogP contribution in [-0.4, -0.2) is 31.7 Å². The van der Waals surface area contributed by atoms with Gasteiger partial charge in [-0.15, -0.1) is 11.3 Å². The molecule has 0 saturated carbocycles. The number of amides is 1. The highest BCUT2D eigenvalue weighted by atomic mass is 32.1. The number of benzene rings is 1. The van der Waals surface area contributed by atoms with Crippen LogP contribution >= 0.6 is 11.3 Å². The van der Waals surface area contributed by atoms with Gasteiger partial charge in [0.1, 0.15) is 9.88 Å². The molecule has 2 aromatic rings. The molecule has 22 heavy (non-hydrogen) atoms. The van der Waals surface area contributed by atoms with E-state index in [2.05, 4.69) is 10.3 Å². The van der Waals surface area contributed by atoms with Crippen molar-refractivity contribution in [1.82, 2.24) is 10.3 Å². The monoisotopic (exact) mass is 318 g/mol. The average molecular weight is 318 g/mol. The molecule has 0 atom stereocenters. The summed E-state index contributed by atoms with van der Waals surface area (Å²) in [6.07, 6.45) is 5.37. The van der Waals surface area contributed by atoms with Gasteiger partial charge in [0.05, 0.1) is 19.9 Å². The Morgan fingerprint density at radius 2 is 2.18 bits per heavy atom. The van der Waals surface area contributed by atoms with E-state index in [1.807, 2.05) is 37.3 Å². The Balaban J connectivity index is 2.17. The van der Waals surface area contributed by atoms with Crippen molar-refractivity contribution in [2.24, 2.45) is 0 Å². The maximum absolute atomic E-state index is 11.5. The van der Waals surface area contributed by atoms with Crippen molar-refractivity contribution in [3.8, 4) is 11.5 Å². The zero-order valence-electron chi connectivity index (χ0n) is 12.8. The lowest BCUT2D eigenvalue weighted by atomic mass is 10.2. The predicted octanol–water partition coefficient (Wildman–Crippen LogP) is 3.08. The van der Waals surface area contributed by atoms with Gasteiger partial charge in [0.25, 0.3) is 5.91 Å². The van der Waals surface area contributed by atoms with Gasteiger partial charge in [-0.25, -0.2) is 4.98 Å².